The molecule has 19 heavy (non-hydrogen) atoms. The van der Waals surface area contributed by atoms with Crippen LogP contribution >= 0.6 is 0 Å². The molecule has 2 unspecified atom stereocenters. The molecule has 0 saturated heterocycles. The number of nitrogens with zero attached hydrogens (tertiary/aromatic N) is 1. The van der Waals surface area contributed by atoms with Crippen LogP contribution in [0.25, 0.3) is 0 Å². The zero-order chi connectivity index (χ0) is 14.0. The van der Waals surface area contributed by atoms with Gasteiger partial charge in [0.25, 0.3) is 0 Å². The average Bonchev–Trinajstić information content (AvgIpc) is 2.41. The molecule has 0 fully saturated rings. The maximum Gasteiger partial charge on any atom is 0.124 e. The number of rotatable bonds is 4. The van der Waals surface area contributed by atoms with Gasteiger partial charge in [-0.15, -0.1) is 0 Å². The highest BCUT2D eigenvalue weighted by Gasteiger charge is 2.32. The summed E-state index contributed by atoms with van der Waals surface area (Å²) >= 11 is 0. The Labute approximate surface area is 116 Å². The fourth-order valence-electron chi connectivity index (χ4n) is 2.88. The molecule has 1 aliphatic heterocycles. The van der Waals surface area contributed by atoms with Crippen molar-refractivity contribution in [2.24, 2.45) is 5.73 Å². The van der Waals surface area contributed by atoms with Gasteiger partial charge < -0.3 is 10.5 Å². The van der Waals surface area contributed by atoms with Crippen LogP contribution in [0.4, 0.5) is 0 Å². The normalized spacial score (nSPS) is 22.5. The molecule has 0 amide bonds. The summed E-state index contributed by atoms with van der Waals surface area (Å²) in [5, 5.41) is 0. The summed E-state index contributed by atoms with van der Waals surface area (Å²) in [4.78, 5) is 2.43. The molecule has 1 aliphatic rings. The Morgan fingerprint density at radius 2 is 2.00 bits per heavy atom. The van der Waals surface area contributed by atoms with Crippen molar-refractivity contribution in [1.29, 1.82) is 0 Å². The van der Waals surface area contributed by atoms with Gasteiger partial charge in [-0.1, -0.05) is 39.8 Å². The Balaban J connectivity index is 2.43. The fraction of sp³-hybridized carbons (Fsp3) is 0.625. The van der Waals surface area contributed by atoms with E-state index in [0.717, 1.165) is 18.8 Å². The van der Waals surface area contributed by atoms with Crippen LogP contribution in [-0.2, 0) is 0 Å². The minimum absolute atomic E-state index is 0.0508. The first-order chi connectivity index (χ1) is 9.08. The van der Waals surface area contributed by atoms with Crippen molar-refractivity contribution in [3.8, 4) is 5.75 Å². The summed E-state index contributed by atoms with van der Waals surface area (Å²) in [7, 11) is 0. The minimum Gasteiger partial charge on any atom is -0.492 e. The van der Waals surface area contributed by atoms with Crippen molar-refractivity contribution in [3.05, 3.63) is 29.3 Å². The number of ether oxygens (including phenoxy) is 1. The second-order valence-corrected chi connectivity index (χ2v) is 5.59. The van der Waals surface area contributed by atoms with Gasteiger partial charge in [-0.05, 0) is 30.6 Å². The van der Waals surface area contributed by atoms with E-state index >= 15 is 0 Å². The van der Waals surface area contributed by atoms with Crippen LogP contribution < -0.4 is 10.5 Å². The fourth-order valence-corrected chi connectivity index (χ4v) is 2.88. The smallest absolute Gasteiger partial charge is 0.124 e. The molecule has 0 spiro atoms. The molecule has 3 nitrogen and oxygen atoms in total. The van der Waals surface area contributed by atoms with Crippen LogP contribution in [0.5, 0.6) is 5.75 Å². The molecule has 2 N–H and O–H groups in total. The van der Waals surface area contributed by atoms with Crippen LogP contribution in [0, 0.1) is 0 Å². The number of hydrogen-bond acceptors (Lipinski definition) is 3. The standard InChI is InChI=1S/C16H26N2O/c1-5-18(6-2)16-13-9-12(11(3)4)7-8-15(13)19-10-14(16)17/h7-9,11,14,16H,5-6,10,17H2,1-4H3. The third kappa shape index (κ3) is 2.77. The summed E-state index contributed by atoms with van der Waals surface area (Å²) in [5.74, 6) is 1.53. The van der Waals surface area contributed by atoms with Crippen molar-refractivity contribution in [2.75, 3.05) is 19.7 Å². The zero-order valence-electron chi connectivity index (χ0n) is 12.5. The van der Waals surface area contributed by atoms with Gasteiger partial charge in [-0.25, -0.2) is 0 Å². The summed E-state index contributed by atoms with van der Waals surface area (Å²) in [6, 6.07) is 6.88. The molecule has 2 atom stereocenters. The van der Waals surface area contributed by atoms with Crippen molar-refractivity contribution < 1.29 is 4.74 Å². The van der Waals surface area contributed by atoms with Crippen molar-refractivity contribution in [2.45, 2.75) is 45.7 Å². The van der Waals surface area contributed by atoms with Crippen LogP contribution in [0.1, 0.15) is 50.8 Å². The molecule has 0 aromatic heterocycles. The molecule has 3 heteroatoms. The van der Waals surface area contributed by atoms with E-state index in [4.69, 9.17) is 10.5 Å². The molecule has 0 aliphatic carbocycles. The van der Waals surface area contributed by atoms with Crippen LogP contribution in [0.2, 0.25) is 0 Å². The zero-order valence-corrected chi connectivity index (χ0v) is 12.5. The molecule has 1 aromatic carbocycles. The maximum absolute atomic E-state index is 6.31. The predicted octanol–water partition coefficient (Wildman–Crippen LogP) is 2.91. The molecule has 0 radical (unpaired) electrons. The quantitative estimate of drug-likeness (QED) is 0.906. The first-order valence-electron chi connectivity index (χ1n) is 7.34. The van der Waals surface area contributed by atoms with E-state index in [1.807, 2.05) is 0 Å². The Morgan fingerprint density at radius 3 is 2.58 bits per heavy atom. The number of fused-ring (bicyclic) bond motifs is 1. The van der Waals surface area contributed by atoms with Gasteiger partial charge >= 0.3 is 0 Å². The maximum atomic E-state index is 6.31. The Kier molecular flexibility index (Phi) is 4.48. The summed E-state index contributed by atoms with van der Waals surface area (Å²) in [5.41, 5.74) is 8.92. The summed E-state index contributed by atoms with van der Waals surface area (Å²) in [6.07, 6.45) is 0. The first-order valence-corrected chi connectivity index (χ1v) is 7.34. The highest BCUT2D eigenvalue weighted by Crippen LogP contribution is 2.37. The van der Waals surface area contributed by atoms with Gasteiger partial charge in [0.1, 0.15) is 12.4 Å². The molecular weight excluding hydrogens is 236 g/mol. The lowest BCUT2D eigenvalue weighted by Gasteiger charge is -2.38. The third-order valence-electron chi connectivity index (χ3n) is 4.06. The number of likely N-dealkylation sites (N-methyl/N-ethyl adjacent to an activating group) is 1. The van der Waals surface area contributed by atoms with Crippen molar-refractivity contribution >= 4 is 0 Å². The molecule has 0 bridgehead atoms. The Morgan fingerprint density at radius 1 is 1.32 bits per heavy atom. The van der Waals surface area contributed by atoms with Crippen molar-refractivity contribution in [3.63, 3.8) is 0 Å². The first kappa shape index (κ1) is 14.4. The predicted molar refractivity (Wildman–Crippen MR) is 79.7 cm³/mol. The van der Waals surface area contributed by atoms with Crippen LogP contribution in [0.3, 0.4) is 0 Å². The second kappa shape index (κ2) is 5.93. The molecule has 106 valence electrons. The number of nitrogens with two attached hydrogens (primary N) is 1. The molecule has 1 aromatic rings. The summed E-state index contributed by atoms with van der Waals surface area (Å²) in [6.45, 7) is 11.5. The monoisotopic (exact) mass is 262 g/mol. The highest BCUT2D eigenvalue weighted by atomic mass is 16.5. The van der Waals surface area contributed by atoms with Gasteiger partial charge in [-0.2, -0.15) is 0 Å². The van der Waals surface area contributed by atoms with Crippen LogP contribution in [0.15, 0.2) is 18.2 Å². The Bertz CT molecular complexity index is 427. The summed E-state index contributed by atoms with van der Waals surface area (Å²) < 4.78 is 5.79. The topological polar surface area (TPSA) is 38.5 Å². The lowest BCUT2D eigenvalue weighted by Crippen LogP contribution is -2.46. The van der Waals surface area contributed by atoms with E-state index in [9.17, 15) is 0 Å². The van der Waals surface area contributed by atoms with Gasteiger partial charge in [0.05, 0.1) is 12.1 Å². The highest BCUT2D eigenvalue weighted by molar-refractivity contribution is 5.42. The molecule has 1 heterocycles. The molecule has 2 rings (SSSR count). The average molecular weight is 262 g/mol. The number of hydrogen-bond donors (Lipinski definition) is 1. The largest absolute Gasteiger partial charge is 0.492 e. The lowest BCUT2D eigenvalue weighted by molar-refractivity contribution is 0.128. The third-order valence-corrected chi connectivity index (χ3v) is 4.06. The van der Waals surface area contributed by atoms with Crippen LogP contribution in [-0.4, -0.2) is 30.6 Å². The van der Waals surface area contributed by atoms with Crippen molar-refractivity contribution in [1.82, 2.24) is 4.90 Å². The van der Waals surface area contributed by atoms with E-state index in [1.165, 1.54) is 11.1 Å². The van der Waals surface area contributed by atoms with E-state index in [2.05, 4.69) is 50.8 Å². The van der Waals surface area contributed by atoms with E-state index < -0.39 is 0 Å². The van der Waals surface area contributed by atoms with Gasteiger partial charge in [0, 0.05) is 5.56 Å². The Hall–Kier alpha value is -1.06. The molecular formula is C16H26N2O. The van der Waals surface area contributed by atoms with Gasteiger partial charge in [-0.3, -0.25) is 4.90 Å². The van der Waals surface area contributed by atoms with Gasteiger partial charge in [0.2, 0.25) is 0 Å². The van der Waals surface area contributed by atoms with Gasteiger partial charge in [0.15, 0.2) is 0 Å². The second-order valence-electron chi connectivity index (χ2n) is 5.59. The molecule has 0 saturated carbocycles. The minimum atomic E-state index is 0.0508. The lowest BCUT2D eigenvalue weighted by atomic mass is 9.91. The van der Waals surface area contributed by atoms with E-state index in [0.29, 0.717) is 12.5 Å². The number of benzene rings is 1. The van der Waals surface area contributed by atoms with E-state index in [1.54, 1.807) is 0 Å². The van der Waals surface area contributed by atoms with E-state index in [-0.39, 0.29) is 12.1 Å². The SMILES string of the molecule is CCN(CC)C1c2cc(C(C)C)ccc2OCC1N.